The van der Waals surface area contributed by atoms with Crippen LogP contribution in [-0.4, -0.2) is 64.8 Å². The first-order chi connectivity index (χ1) is 18.2. The Bertz CT molecular complexity index is 990. The van der Waals surface area contributed by atoms with Gasteiger partial charge in [-0.15, -0.1) is 0 Å². The zero-order chi connectivity index (χ0) is 28.9. The number of amides is 1. The molecule has 1 amide bonds. The van der Waals surface area contributed by atoms with E-state index in [-0.39, 0.29) is 53.1 Å². The van der Waals surface area contributed by atoms with Crippen LogP contribution >= 0.6 is 0 Å². The molecule has 0 radical (unpaired) electrons. The molecule has 0 spiro atoms. The molecule has 4 aliphatic rings. The Hall–Kier alpha value is -0.740. The highest BCUT2D eigenvalue weighted by Gasteiger charge is 2.66. The SMILES string of the molecule is CCC1C(O)C2C(CC(C)C3(C)C(C(C)CCC(=O)NC(CO)CS(=O)(=O)O)CCC23)C2(C)CCC(O)CC12. The van der Waals surface area contributed by atoms with Crippen molar-refractivity contribution in [2.45, 2.75) is 111 Å². The smallest absolute Gasteiger partial charge is 0.266 e. The number of carbonyl (C=O) groups is 1. The summed E-state index contributed by atoms with van der Waals surface area (Å²) in [7, 11) is -4.30. The van der Waals surface area contributed by atoms with Crippen molar-refractivity contribution < 1.29 is 33.1 Å². The quantitative estimate of drug-likeness (QED) is 0.266. The van der Waals surface area contributed by atoms with Crippen molar-refractivity contribution in [3.05, 3.63) is 0 Å². The van der Waals surface area contributed by atoms with E-state index in [2.05, 4.69) is 39.9 Å². The van der Waals surface area contributed by atoms with Crippen molar-refractivity contribution in [2.24, 2.45) is 58.2 Å². The van der Waals surface area contributed by atoms with E-state index in [4.69, 9.17) is 4.55 Å². The summed E-state index contributed by atoms with van der Waals surface area (Å²) in [6.45, 7) is 11.2. The minimum Gasteiger partial charge on any atom is -0.394 e. The lowest BCUT2D eigenvalue weighted by molar-refractivity contribution is -0.215. The van der Waals surface area contributed by atoms with Crippen molar-refractivity contribution >= 4 is 16.0 Å². The minimum atomic E-state index is -4.30. The first-order valence-electron chi connectivity index (χ1n) is 15.4. The third kappa shape index (κ3) is 5.69. The number of aliphatic hydroxyl groups is 3. The van der Waals surface area contributed by atoms with Crippen LogP contribution in [0.2, 0.25) is 0 Å². The molecule has 0 aromatic rings. The van der Waals surface area contributed by atoms with Crippen molar-refractivity contribution in [1.82, 2.24) is 5.32 Å². The van der Waals surface area contributed by atoms with Crippen molar-refractivity contribution in [2.75, 3.05) is 12.4 Å². The van der Waals surface area contributed by atoms with E-state index in [1.54, 1.807) is 0 Å². The predicted molar refractivity (Wildman–Crippen MR) is 150 cm³/mol. The van der Waals surface area contributed by atoms with Gasteiger partial charge in [0.15, 0.2) is 0 Å². The molecule has 4 fully saturated rings. The number of nitrogens with one attached hydrogen (secondary N) is 1. The average Bonchev–Trinajstić information content (AvgIpc) is 3.22. The number of hydrogen-bond donors (Lipinski definition) is 5. The average molecular weight is 572 g/mol. The zero-order valence-electron chi connectivity index (χ0n) is 24.6. The fourth-order valence-electron chi connectivity index (χ4n) is 10.5. The molecule has 0 bridgehead atoms. The van der Waals surface area contributed by atoms with Gasteiger partial charge in [-0.2, -0.15) is 8.42 Å². The van der Waals surface area contributed by atoms with Crippen LogP contribution in [0, 0.1) is 58.2 Å². The fraction of sp³-hybridized carbons (Fsp3) is 0.967. The second-order valence-electron chi connectivity index (χ2n) is 14.3. The molecule has 226 valence electrons. The van der Waals surface area contributed by atoms with Gasteiger partial charge in [0.1, 0.15) is 0 Å². The Morgan fingerprint density at radius 3 is 2.38 bits per heavy atom. The number of rotatable bonds is 9. The van der Waals surface area contributed by atoms with Crippen LogP contribution in [-0.2, 0) is 14.9 Å². The molecule has 0 aromatic heterocycles. The largest absolute Gasteiger partial charge is 0.394 e. The van der Waals surface area contributed by atoms with Gasteiger partial charge in [0.2, 0.25) is 5.91 Å². The fourth-order valence-corrected chi connectivity index (χ4v) is 11.2. The third-order valence-electron chi connectivity index (χ3n) is 12.6. The van der Waals surface area contributed by atoms with Crippen LogP contribution in [0.3, 0.4) is 0 Å². The van der Waals surface area contributed by atoms with Crippen molar-refractivity contribution in [3.63, 3.8) is 0 Å². The van der Waals surface area contributed by atoms with E-state index >= 15 is 0 Å². The van der Waals surface area contributed by atoms with E-state index in [0.29, 0.717) is 36.0 Å². The topological polar surface area (TPSA) is 144 Å². The molecule has 0 aliphatic heterocycles. The monoisotopic (exact) mass is 571 g/mol. The maximum absolute atomic E-state index is 12.6. The molecule has 5 N–H and O–H groups in total. The molecule has 13 unspecified atom stereocenters. The summed E-state index contributed by atoms with van der Waals surface area (Å²) in [5.74, 6) is 1.99. The molecule has 4 saturated carbocycles. The van der Waals surface area contributed by atoms with Crippen molar-refractivity contribution in [1.29, 1.82) is 0 Å². The van der Waals surface area contributed by atoms with E-state index in [1.807, 2.05) is 0 Å². The molecule has 0 heterocycles. The number of carbonyl (C=O) groups excluding carboxylic acids is 1. The summed E-state index contributed by atoms with van der Waals surface area (Å²) < 4.78 is 31.4. The summed E-state index contributed by atoms with van der Waals surface area (Å²) in [5, 5.41) is 34.4. The van der Waals surface area contributed by atoms with Gasteiger partial charge in [-0.1, -0.05) is 41.0 Å². The van der Waals surface area contributed by atoms with Gasteiger partial charge < -0.3 is 20.6 Å². The maximum Gasteiger partial charge on any atom is 0.266 e. The van der Waals surface area contributed by atoms with Gasteiger partial charge in [0.05, 0.1) is 30.6 Å². The standard InChI is InChI=1S/C30H53NO7S/c1-6-21-24-14-20(33)11-12-29(24,4)25-13-18(3)30(5)22(8-9-23(30)27(25)28(21)35)17(2)7-10-26(34)31-19(15-32)16-39(36,37)38/h17-25,27-28,32-33,35H,6-16H2,1-5H3,(H,31,34)(H,36,37,38). The highest BCUT2D eigenvalue weighted by Crippen LogP contribution is 2.71. The molecule has 9 heteroatoms. The molecule has 39 heavy (non-hydrogen) atoms. The van der Waals surface area contributed by atoms with Crippen LogP contribution in [0.15, 0.2) is 0 Å². The summed E-state index contributed by atoms with van der Waals surface area (Å²) >= 11 is 0. The summed E-state index contributed by atoms with van der Waals surface area (Å²) in [6.07, 6.45) is 7.27. The molecule has 13 atom stereocenters. The van der Waals surface area contributed by atoms with Crippen LogP contribution < -0.4 is 5.32 Å². The lowest BCUT2D eigenvalue weighted by Gasteiger charge is -2.66. The van der Waals surface area contributed by atoms with E-state index in [0.717, 1.165) is 44.9 Å². The summed E-state index contributed by atoms with van der Waals surface area (Å²) in [4.78, 5) is 12.6. The van der Waals surface area contributed by atoms with E-state index in [1.165, 1.54) is 0 Å². The van der Waals surface area contributed by atoms with Crippen LogP contribution in [0.1, 0.15) is 92.4 Å². The first-order valence-corrected chi connectivity index (χ1v) is 17.0. The van der Waals surface area contributed by atoms with Gasteiger partial charge in [0.25, 0.3) is 10.1 Å². The summed E-state index contributed by atoms with van der Waals surface area (Å²) in [5.41, 5.74) is 0.235. The Labute approximate surface area is 235 Å². The Morgan fingerprint density at radius 2 is 1.77 bits per heavy atom. The third-order valence-corrected chi connectivity index (χ3v) is 13.4. The van der Waals surface area contributed by atoms with E-state index < -0.39 is 28.5 Å². The van der Waals surface area contributed by atoms with Crippen LogP contribution in [0.25, 0.3) is 0 Å². The van der Waals surface area contributed by atoms with Crippen LogP contribution in [0.5, 0.6) is 0 Å². The second kappa shape index (κ2) is 11.5. The van der Waals surface area contributed by atoms with Gasteiger partial charge in [0, 0.05) is 6.42 Å². The Kier molecular flexibility index (Phi) is 9.20. The van der Waals surface area contributed by atoms with Gasteiger partial charge in [-0.05, 0) is 103 Å². The Morgan fingerprint density at radius 1 is 1.08 bits per heavy atom. The van der Waals surface area contributed by atoms with Crippen LogP contribution in [0.4, 0.5) is 0 Å². The molecular weight excluding hydrogens is 518 g/mol. The lowest BCUT2D eigenvalue weighted by Crippen LogP contribution is -2.63. The molecule has 0 aromatic carbocycles. The molecule has 4 aliphatic carbocycles. The number of hydrogen-bond acceptors (Lipinski definition) is 6. The maximum atomic E-state index is 12.6. The van der Waals surface area contributed by atoms with E-state index in [9.17, 15) is 28.5 Å². The second-order valence-corrected chi connectivity index (χ2v) is 15.8. The number of fused-ring (bicyclic) bond motifs is 5. The van der Waals surface area contributed by atoms with Gasteiger partial charge >= 0.3 is 0 Å². The highest BCUT2D eigenvalue weighted by molar-refractivity contribution is 7.85. The van der Waals surface area contributed by atoms with Gasteiger partial charge in [-0.25, -0.2) is 0 Å². The predicted octanol–water partition coefficient (Wildman–Crippen LogP) is 3.64. The molecule has 4 rings (SSSR count). The molecule has 0 saturated heterocycles. The number of aliphatic hydroxyl groups excluding tert-OH is 3. The first kappa shape index (κ1) is 31.2. The molecular formula is C30H53NO7S. The Balaban J connectivity index is 1.48. The minimum absolute atomic E-state index is 0.0757. The summed E-state index contributed by atoms with van der Waals surface area (Å²) in [6, 6.07) is -1.02. The molecule has 8 nitrogen and oxygen atoms in total. The lowest BCUT2D eigenvalue weighted by atomic mass is 9.40. The van der Waals surface area contributed by atoms with Crippen molar-refractivity contribution in [3.8, 4) is 0 Å². The highest BCUT2D eigenvalue weighted by atomic mass is 32.2. The zero-order valence-corrected chi connectivity index (χ0v) is 25.4. The normalized spacial score (nSPS) is 45.5. The van der Waals surface area contributed by atoms with Gasteiger partial charge in [-0.3, -0.25) is 9.35 Å².